The van der Waals surface area contributed by atoms with E-state index in [2.05, 4.69) is 5.32 Å². The lowest BCUT2D eigenvalue weighted by Crippen LogP contribution is -2.67. The summed E-state index contributed by atoms with van der Waals surface area (Å²) in [4.78, 5) is 63.1. The maximum absolute atomic E-state index is 13.8. The summed E-state index contributed by atoms with van der Waals surface area (Å²) in [6.07, 6.45) is -5.72. The van der Waals surface area contributed by atoms with Crippen molar-refractivity contribution >= 4 is 29.8 Å². The third-order valence-electron chi connectivity index (χ3n) is 6.81. The van der Waals surface area contributed by atoms with Crippen molar-refractivity contribution in [2.45, 2.75) is 64.4 Å². The van der Waals surface area contributed by atoms with E-state index < -0.39 is 67.0 Å². The van der Waals surface area contributed by atoms with Gasteiger partial charge in [0.25, 0.3) is 5.91 Å². The molecule has 4 rings (SSSR count). The lowest BCUT2D eigenvalue weighted by atomic mass is 9.95. The summed E-state index contributed by atoms with van der Waals surface area (Å²) in [5.74, 6) is -3.35. The molecule has 0 aromatic heterocycles. The summed E-state index contributed by atoms with van der Waals surface area (Å²) >= 11 is 0. The predicted molar refractivity (Wildman–Crippen MR) is 161 cm³/mol. The SMILES string of the molecule is CC(=O)OCC1OC(OC(=O)Cc2ccccc2)C(NC(=O)c2ccccc2OCc2ccccc2)C(OC(C)=O)C1OC(C)=O. The number of carbonyl (C=O) groups excluding carboxylic acids is 5. The van der Waals surface area contributed by atoms with Gasteiger partial charge in [-0.15, -0.1) is 0 Å². The van der Waals surface area contributed by atoms with E-state index in [4.69, 9.17) is 28.4 Å². The minimum Gasteiger partial charge on any atom is -0.488 e. The molecule has 12 nitrogen and oxygen atoms in total. The van der Waals surface area contributed by atoms with Gasteiger partial charge < -0.3 is 33.7 Å². The minimum absolute atomic E-state index is 0.125. The molecule has 0 radical (unpaired) electrons. The molecule has 5 atom stereocenters. The Morgan fingerprint density at radius 2 is 1.28 bits per heavy atom. The molecule has 0 bridgehead atoms. The van der Waals surface area contributed by atoms with E-state index in [1.165, 1.54) is 13.0 Å². The Hall–Kier alpha value is -5.23. The second-order valence-corrected chi connectivity index (χ2v) is 10.4. The van der Waals surface area contributed by atoms with Gasteiger partial charge in [0.1, 0.15) is 31.1 Å². The first kappa shape index (κ1) is 33.7. The second kappa shape index (κ2) is 16.2. The molecular weight excluding hydrogens is 598 g/mol. The Kier molecular flexibility index (Phi) is 11.8. The molecule has 0 spiro atoms. The van der Waals surface area contributed by atoms with Crippen LogP contribution in [0.3, 0.4) is 0 Å². The summed E-state index contributed by atoms with van der Waals surface area (Å²) in [5.41, 5.74) is 1.65. The Bertz CT molecular complexity index is 1510. The fourth-order valence-corrected chi connectivity index (χ4v) is 4.83. The van der Waals surface area contributed by atoms with Gasteiger partial charge in [-0.05, 0) is 23.3 Å². The number of para-hydroxylation sites is 1. The molecule has 1 aliphatic rings. The summed E-state index contributed by atoms with van der Waals surface area (Å²) < 4.78 is 33.9. The number of rotatable bonds is 12. The van der Waals surface area contributed by atoms with Gasteiger partial charge in [0.15, 0.2) is 12.2 Å². The molecule has 1 heterocycles. The summed E-state index contributed by atoms with van der Waals surface area (Å²) in [6.45, 7) is 3.18. The Labute approximate surface area is 265 Å². The highest BCUT2D eigenvalue weighted by Gasteiger charge is 2.52. The minimum atomic E-state index is -1.56. The first-order valence-electron chi connectivity index (χ1n) is 14.5. The molecule has 0 saturated carbocycles. The highest BCUT2D eigenvalue weighted by molar-refractivity contribution is 5.97. The van der Waals surface area contributed by atoms with E-state index in [0.29, 0.717) is 5.56 Å². The molecule has 1 saturated heterocycles. The number of benzene rings is 3. The third-order valence-corrected chi connectivity index (χ3v) is 6.81. The zero-order valence-electron chi connectivity index (χ0n) is 25.6. The molecule has 3 aromatic carbocycles. The van der Waals surface area contributed by atoms with Crippen LogP contribution < -0.4 is 10.1 Å². The average molecular weight is 634 g/mol. The van der Waals surface area contributed by atoms with Crippen LogP contribution in [0.25, 0.3) is 0 Å². The van der Waals surface area contributed by atoms with Crippen LogP contribution in [0, 0.1) is 0 Å². The van der Waals surface area contributed by atoms with Crippen molar-refractivity contribution < 1.29 is 52.4 Å². The quantitative estimate of drug-likeness (QED) is 0.231. The number of ether oxygens (including phenoxy) is 6. The van der Waals surface area contributed by atoms with Crippen LogP contribution in [-0.2, 0) is 55.9 Å². The molecule has 242 valence electrons. The smallest absolute Gasteiger partial charge is 0.312 e. The topological polar surface area (TPSA) is 153 Å². The van der Waals surface area contributed by atoms with Crippen LogP contribution in [-0.4, -0.2) is 67.0 Å². The molecule has 1 fully saturated rings. The highest BCUT2D eigenvalue weighted by atomic mass is 16.7. The van der Waals surface area contributed by atoms with Crippen LogP contribution in [0.5, 0.6) is 5.75 Å². The van der Waals surface area contributed by atoms with Crippen molar-refractivity contribution in [1.82, 2.24) is 5.32 Å². The normalized spacial score (nSPS) is 20.5. The number of carbonyl (C=O) groups is 5. The molecule has 5 unspecified atom stereocenters. The van der Waals surface area contributed by atoms with Crippen molar-refractivity contribution in [3.63, 3.8) is 0 Å². The number of hydrogen-bond acceptors (Lipinski definition) is 11. The summed E-state index contributed by atoms with van der Waals surface area (Å²) in [6, 6.07) is 23.2. The molecule has 1 amide bonds. The monoisotopic (exact) mass is 633 g/mol. The van der Waals surface area contributed by atoms with Crippen molar-refractivity contribution in [3.8, 4) is 5.75 Å². The van der Waals surface area contributed by atoms with E-state index in [9.17, 15) is 24.0 Å². The van der Waals surface area contributed by atoms with Crippen LogP contribution >= 0.6 is 0 Å². The molecule has 1 aliphatic heterocycles. The summed E-state index contributed by atoms with van der Waals surface area (Å²) in [5, 5.41) is 2.74. The van der Waals surface area contributed by atoms with E-state index in [0.717, 1.165) is 19.4 Å². The predicted octanol–water partition coefficient (Wildman–Crippen LogP) is 3.30. The van der Waals surface area contributed by atoms with Crippen LogP contribution in [0.1, 0.15) is 42.3 Å². The van der Waals surface area contributed by atoms with Crippen molar-refractivity contribution in [3.05, 3.63) is 102 Å². The standard InChI is InChI=1S/C34H35NO11/c1-21(36)41-20-28-31(43-22(2)37)32(44-23(3)38)30(34(45-28)46-29(39)18-24-12-6-4-7-13-24)35-33(40)26-16-10-11-17-27(26)42-19-25-14-8-5-9-15-25/h4-17,28,30-32,34H,18-20H2,1-3H3,(H,35,40). The zero-order valence-corrected chi connectivity index (χ0v) is 25.6. The molecular formula is C34H35NO11. The number of amides is 1. The maximum Gasteiger partial charge on any atom is 0.312 e. The number of nitrogens with one attached hydrogen (secondary N) is 1. The van der Waals surface area contributed by atoms with Crippen LogP contribution in [0.2, 0.25) is 0 Å². The fraction of sp³-hybridized carbons (Fsp3) is 0.324. The Balaban J connectivity index is 1.66. The van der Waals surface area contributed by atoms with E-state index in [-0.39, 0.29) is 24.3 Å². The van der Waals surface area contributed by atoms with E-state index in [1.54, 1.807) is 48.5 Å². The van der Waals surface area contributed by atoms with E-state index >= 15 is 0 Å². The maximum atomic E-state index is 13.8. The van der Waals surface area contributed by atoms with Gasteiger partial charge in [-0.3, -0.25) is 24.0 Å². The number of hydrogen-bond donors (Lipinski definition) is 1. The lowest BCUT2D eigenvalue weighted by Gasteiger charge is -2.44. The third kappa shape index (κ3) is 9.63. The van der Waals surface area contributed by atoms with Gasteiger partial charge in [0.05, 0.1) is 12.0 Å². The Morgan fingerprint density at radius 1 is 0.696 bits per heavy atom. The van der Waals surface area contributed by atoms with Crippen LogP contribution in [0.4, 0.5) is 0 Å². The largest absolute Gasteiger partial charge is 0.488 e. The molecule has 1 N–H and O–H groups in total. The zero-order chi connectivity index (χ0) is 33.1. The van der Waals surface area contributed by atoms with Gasteiger partial charge >= 0.3 is 23.9 Å². The fourth-order valence-electron chi connectivity index (χ4n) is 4.83. The highest BCUT2D eigenvalue weighted by Crippen LogP contribution is 2.29. The van der Waals surface area contributed by atoms with Crippen molar-refractivity contribution in [2.75, 3.05) is 6.61 Å². The van der Waals surface area contributed by atoms with Gasteiger partial charge in [0, 0.05) is 20.8 Å². The number of esters is 4. The lowest BCUT2D eigenvalue weighted by molar-refractivity contribution is -0.270. The first-order chi connectivity index (χ1) is 22.1. The van der Waals surface area contributed by atoms with E-state index in [1.807, 2.05) is 30.3 Å². The van der Waals surface area contributed by atoms with Gasteiger partial charge in [-0.25, -0.2) is 0 Å². The average Bonchev–Trinajstić information content (AvgIpc) is 3.02. The Morgan fingerprint density at radius 3 is 1.91 bits per heavy atom. The van der Waals surface area contributed by atoms with Gasteiger partial charge in [-0.2, -0.15) is 0 Å². The van der Waals surface area contributed by atoms with Gasteiger partial charge in [-0.1, -0.05) is 72.8 Å². The molecule has 3 aromatic rings. The first-order valence-corrected chi connectivity index (χ1v) is 14.5. The van der Waals surface area contributed by atoms with Crippen LogP contribution in [0.15, 0.2) is 84.9 Å². The molecule has 0 aliphatic carbocycles. The van der Waals surface area contributed by atoms with Crippen molar-refractivity contribution in [2.24, 2.45) is 0 Å². The molecule has 46 heavy (non-hydrogen) atoms. The molecule has 12 heteroatoms. The second-order valence-electron chi connectivity index (χ2n) is 10.4. The van der Waals surface area contributed by atoms with Crippen molar-refractivity contribution in [1.29, 1.82) is 0 Å². The summed E-state index contributed by atoms with van der Waals surface area (Å²) in [7, 11) is 0. The van der Waals surface area contributed by atoms with Gasteiger partial charge in [0.2, 0.25) is 6.29 Å².